The van der Waals surface area contributed by atoms with Gasteiger partial charge in [-0.15, -0.1) is 0 Å². The molecular formula is C23H34N6O2. The Balaban J connectivity index is 1.67. The lowest BCUT2D eigenvalue weighted by Gasteiger charge is -2.23. The van der Waals surface area contributed by atoms with E-state index in [1.165, 1.54) is 0 Å². The molecule has 1 aliphatic rings. The summed E-state index contributed by atoms with van der Waals surface area (Å²) in [6.45, 7) is 12.5. The number of likely N-dealkylation sites (tertiary alicyclic amines) is 1. The van der Waals surface area contributed by atoms with Gasteiger partial charge in [0.2, 0.25) is 0 Å². The van der Waals surface area contributed by atoms with Crippen LogP contribution in [0, 0.1) is 6.92 Å². The number of rotatable bonds is 5. The Bertz CT molecular complexity index is 915. The zero-order chi connectivity index (χ0) is 22.4. The molecule has 2 aromatic rings. The summed E-state index contributed by atoms with van der Waals surface area (Å²) in [4.78, 5) is 19.2. The van der Waals surface area contributed by atoms with Gasteiger partial charge in [0.1, 0.15) is 5.60 Å². The Hall–Kier alpha value is -3.03. The molecule has 1 aliphatic heterocycles. The van der Waals surface area contributed by atoms with Crippen molar-refractivity contribution in [3.8, 4) is 5.69 Å². The van der Waals surface area contributed by atoms with Crippen molar-refractivity contribution < 1.29 is 9.53 Å². The highest BCUT2D eigenvalue weighted by Gasteiger charge is 2.27. The van der Waals surface area contributed by atoms with E-state index in [1.807, 2.05) is 56.8 Å². The third-order valence-electron chi connectivity index (χ3n) is 4.90. The zero-order valence-electron chi connectivity index (χ0n) is 19.2. The zero-order valence-corrected chi connectivity index (χ0v) is 19.2. The van der Waals surface area contributed by atoms with Crippen molar-refractivity contribution in [2.75, 3.05) is 19.6 Å². The van der Waals surface area contributed by atoms with Crippen molar-refractivity contribution >= 4 is 12.1 Å². The van der Waals surface area contributed by atoms with Crippen molar-refractivity contribution in [3.63, 3.8) is 0 Å². The molecule has 0 bridgehead atoms. The first-order valence-electron chi connectivity index (χ1n) is 10.9. The molecule has 0 saturated carbocycles. The van der Waals surface area contributed by atoms with Gasteiger partial charge in [-0.3, -0.25) is 0 Å². The van der Waals surface area contributed by atoms with E-state index in [0.29, 0.717) is 13.1 Å². The van der Waals surface area contributed by atoms with Gasteiger partial charge in [-0.1, -0.05) is 18.2 Å². The molecule has 168 valence electrons. The van der Waals surface area contributed by atoms with Crippen LogP contribution in [0.1, 0.15) is 45.4 Å². The highest BCUT2D eigenvalue weighted by Crippen LogP contribution is 2.17. The molecular weight excluding hydrogens is 392 g/mol. The smallest absolute Gasteiger partial charge is 0.407 e. The fourth-order valence-electron chi connectivity index (χ4n) is 3.55. The largest absolute Gasteiger partial charge is 0.444 e. The fraction of sp³-hybridized carbons (Fsp3) is 0.522. The predicted molar refractivity (Wildman–Crippen MR) is 122 cm³/mol. The van der Waals surface area contributed by atoms with E-state index in [4.69, 9.17) is 9.73 Å². The van der Waals surface area contributed by atoms with E-state index >= 15 is 0 Å². The molecule has 1 aromatic heterocycles. The molecule has 3 rings (SSSR count). The number of nitrogens with zero attached hydrogens (tertiary/aromatic N) is 4. The third kappa shape index (κ3) is 6.47. The summed E-state index contributed by atoms with van der Waals surface area (Å²) in [5, 5.41) is 10.9. The molecule has 2 heterocycles. The van der Waals surface area contributed by atoms with Gasteiger partial charge in [-0.05, 0) is 58.7 Å². The number of alkyl carbamates (subject to hydrolysis) is 1. The Morgan fingerprint density at radius 1 is 1.29 bits per heavy atom. The van der Waals surface area contributed by atoms with E-state index < -0.39 is 5.60 Å². The number of carbonyl (C=O) groups is 1. The molecule has 8 heteroatoms. The van der Waals surface area contributed by atoms with Crippen LogP contribution in [0.25, 0.3) is 5.69 Å². The van der Waals surface area contributed by atoms with Crippen molar-refractivity contribution in [1.82, 2.24) is 25.3 Å². The second-order valence-electron chi connectivity index (χ2n) is 8.78. The molecule has 8 nitrogen and oxygen atoms in total. The Morgan fingerprint density at radius 3 is 2.74 bits per heavy atom. The number of guanidine groups is 1. The van der Waals surface area contributed by atoms with Gasteiger partial charge in [-0.25, -0.2) is 14.5 Å². The lowest BCUT2D eigenvalue weighted by Crippen LogP contribution is -2.44. The van der Waals surface area contributed by atoms with Crippen LogP contribution in [-0.2, 0) is 11.3 Å². The summed E-state index contributed by atoms with van der Waals surface area (Å²) in [5.74, 6) is 0.849. The van der Waals surface area contributed by atoms with Crippen molar-refractivity contribution in [2.24, 2.45) is 4.99 Å². The van der Waals surface area contributed by atoms with Crippen LogP contribution in [0.15, 0.2) is 41.5 Å². The number of hydrogen-bond acceptors (Lipinski definition) is 4. The van der Waals surface area contributed by atoms with Crippen LogP contribution in [0.4, 0.5) is 4.79 Å². The maximum Gasteiger partial charge on any atom is 0.407 e. The molecule has 2 N–H and O–H groups in total. The van der Waals surface area contributed by atoms with Crippen LogP contribution >= 0.6 is 0 Å². The van der Waals surface area contributed by atoms with E-state index in [-0.39, 0.29) is 12.1 Å². The van der Waals surface area contributed by atoms with E-state index in [2.05, 4.69) is 39.7 Å². The molecule has 1 fully saturated rings. The van der Waals surface area contributed by atoms with Gasteiger partial charge in [0.25, 0.3) is 0 Å². The summed E-state index contributed by atoms with van der Waals surface area (Å²) in [5.41, 5.74) is 2.61. The first-order valence-corrected chi connectivity index (χ1v) is 10.9. The molecule has 1 atom stereocenters. The summed E-state index contributed by atoms with van der Waals surface area (Å²) in [7, 11) is 0. The first-order chi connectivity index (χ1) is 14.7. The monoisotopic (exact) mass is 426 g/mol. The van der Waals surface area contributed by atoms with Crippen LogP contribution in [-0.4, -0.2) is 58.0 Å². The van der Waals surface area contributed by atoms with Crippen LogP contribution in [0.3, 0.4) is 0 Å². The molecule has 1 aromatic carbocycles. The third-order valence-corrected chi connectivity index (χ3v) is 4.90. The van der Waals surface area contributed by atoms with Gasteiger partial charge in [-0.2, -0.15) is 5.10 Å². The Morgan fingerprint density at radius 2 is 2.06 bits per heavy atom. The van der Waals surface area contributed by atoms with Gasteiger partial charge >= 0.3 is 6.09 Å². The normalized spacial score (nSPS) is 17.0. The predicted octanol–water partition coefficient (Wildman–Crippen LogP) is 3.25. The summed E-state index contributed by atoms with van der Waals surface area (Å²) in [6.07, 6.45) is 2.45. The van der Waals surface area contributed by atoms with Crippen molar-refractivity contribution in [1.29, 1.82) is 0 Å². The molecule has 0 spiro atoms. The maximum atomic E-state index is 12.1. The number of carbonyl (C=O) groups excluding carboxylic acids is 1. The quantitative estimate of drug-likeness (QED) is 0.566. The number of nitrogens with one attached hydrogen (secondary N) is 2. The summed E-state index contributed by atoms with van der Waals surface area (Å²) >= 11 is 0. The van der Waals surface area contributed by atoms with Gasteiger partial charge in [0.15, 0.2) is 5.96 Å². The van der Waals surface area contributed by atoms with Crippen molar-refractivity contribution in [3.05, 3.63) is 47.8 Å². The van der Waals surface area contributed by atoms with Crippen molar-refractivity contribution in [2.45, 2.75) is 59.2 Å². The topological polar surface area (TPSA) is 83.8 Å². The van der Waals surface area contributed by atoms with Crippen LogP contribution in [0.5, 0.6) is 0 Å². The average molecular weight is 427 g/mol. The van der Waals surface area contributed by atoms with Crippen LogP contribution < -0.4 is 10.6 Å². The minimum absolute atomic E-state index is 0.0399. The average Bonchev–Trinajstić information content (AvgIpc) is 3.33. The number of aliphatic imine (C=N–C) groups is 1. The summed E-state index contributed by atoms with van der Waals surface area (Å²) < 4.78 is 7.28. The molecule has 31 heavy (non-hydrogen) atoms. The number of benzene rings is 1. The number of amides is 1. The van der Waals surface area contributed by atoms with Crippen LogP contribution in [0.2, 0.25) is 0 Å². The standard InChI is InChI=1S/C23H34N6O2/c1-6-24-21(28-13-12-19(16-28)26-22(30)31-23(3,4)5)25-15-18-9-7-8-10-20(18)29-14-11-17(2)27-29/h7-11,14,19H,6,12-13,15-16H2,1-5H3,(H,24,25)(H,26,30)/t19-/m1/s1. The first kappa shape index (κ1) is 22.7. The number of aromatic nitrogens is 2. The van der Waals surface area contributed by atoms with Gasteiger partial charge in [0.05, 0.1) is 24.0 Å². The molecule has 0 unspecified atom stereocenters. The highest BCUT2D eigenvalue weighted by molar-refractivity contribution is 5.80. The van der Waals surface area contributed by atoms with E-state index in [9.17, 15) is 4.79 Å². The van der Waals surface area contributed by atoms with Gasteiger partial charge in [0, 0.05) is 25.8 Å². The van der Waals surface area contributed by atoms with E-state index in [1.54, 1.807) is 0 Å². The number of ether oxygens (including phenoxy) is 1. The summed E-state index contributed by atoms with van der Waals surface area (Å²) in [6, 6.07) is 10.2. The molecule has 1 saturated heterocycles. The minimum atomic E-state index is -0.501. The number of para-hydroxylation sites is 1. The highest BCUT2D eigenvalue weighted by atomic mass is 16.6. The lowest BCUT2D eigenvalue weighted by atomic mass is 10.2. The lowest BCUT2D eigenvalue weighted by molar-refractivity contribution is 0.0507. The molecule has 0 radical (unpaired) electrons. The maximum absolute atomic E-state index is 12.1. The van der Waals surface area contributed by atoms with Gasteiger partial charge < -0.3 is 20.3 Å². The van der Waals surface area contributed by atoms with E-state index in [0.717, 1.165) is 42.4 Å². The molecule has 0 aliphatic carbocycles. The Kier molecular flexibility index (Phi) is 7.20. The fourth-order valence-corrected chi connectivity index (χ4v) is 3.55. The second-order valence-corrected chi connectivity index (χ2v) is 8.78. The SMILES string of the molecule is CCNC(=NCc1ccccc1-n1ccc(C)n1)N1CC[C@@H](NC(=O)OC(C)(C)C)C1. The second kappa shape index (κ2) is 9.85. The minimum Gasteiger partial charge on any atom is -0.444 e. The molecule has 1 amide bonds. The Labute approximate surface area is 184 Å². The number of hydrogen-bond donors (Lipinski definition) is 2. The number of aryl methyl sites for hydroxylation is 1.